The number of benzene rings is 2. The van der Waals surface area contributed by atoms with E-state index in [1.807, 2.05) is 22.8 Å². The lowest BCUT2D eigenvalue weighted by atomic mass is 9.82. The summed E-state index contributed by atoms with van der Waals surface area (Å²) in [5, 5.41) is 42.3. The quantitative estimate of drug-likeness (QED) is 0.102. The summed E-state index contributed by atoms with van der Waals surface area (Å²) >= 11 is 0. The zero-order valence-electron chi connectivity index (χ0n) is 34.9. The standard InChI is InChI=1S/C24H28N2O5.C24H26N2O4/c1-2-31-24(30)19-11-10-18-21(15-6-4-3-5-7-15)22(26(12-13-27)23(18)25-19)17-9-8-16(28)14-20(17)29;1-2-29-24(28)19-11-10-18-21(15-6-4-3-5-7-15)22-17-9-8-16(27)14-20(17)30-13-12-26(22)23(18)25-19/h8-11,14-15,27-29H,2-7,12-13H2,1H3;8-11,14-15,27H,2-7,12-13H2,1H3. The molecule has 4 N–H and O–H groups in total. The fourth-order valence-corrected chi connectivity index (χ4v) is 9.64. The lowest BCUT2D eigenvalue weighted by Crippen LogP contribution is -2.10. The highest BCUT2D eigenvalue weighted by atomic mass is 16.5. The number of phenolic OH excluding ortho intramolecular Hbond substituents is 3. The first-order valence-electron chi connectivity index (χ1n) is 21.7. The van der Waals surface area contributed by atoms with Gasteiger partial charge in [-0.05, 0) is 111 Å². The van der Waals surface area contributed by atoms with Crippen LogP contribution in [0.15, 0.2) is 60.7 Å². The van der Waals surface area contributed by atoms with Crippen LogP contribution < -0.4 is 4.74 Å². The summed E-state index contributed by atoms with van der Waals surface area (Å²) in [6.07, 6.45) is 11.6. The summed E-state index contributed by atoms with van der Waals surface area (Å²) in [5.74, 6) is 0.679. The first-order valence-corrected chi connectivity index (χ1v) is 21.7. The van der Waals surface area contributed by atoms with Gasteiger partial charge in [0, 0.05) is 40.6 Å². The lowest BCUT2D eigenvalue weighted by molar-refractivity contribution is 0.0510. The number of nitrogens with zero attached hydrogens (tertiary/aromatic N) is 4. The number of phenols is 3. The predicted molar refractivity (Wildman–Crippen MR) is 231 cm³/mol. The minimum absolute atomic E-state index is 0.0204. The maximum Gasteiger partial charge on any atom is 0.356 e. The molecule has 61 heavy (non-hydrogen) atoms. The van der Waals surface area contributed by atoms with E-state index >= 15 is 0 Å². The molecule has 2 fully saturated rings. The van der Waals surface area contributed by atoms with Gasteiger partial charge >= 0.3 is 11.9 Å². The van der Waals surface area contributed by atoms with Crippen LogP contribution >= 0.6 is 0 Å². The Bertz CT molecular complexity index is 2560. The number of rotatable bonds is 9. The van der Waals surface area contributed by atoms with E-state index in [9.17, 15) is 30.0 Å². The molecule has 4 aromatic heterocycles. The van der Waals surface area contributed by atoms with Gasteiger partial charge < -0.3 is 43.8 Å². The minimum Gasteiger partial charge on any atom is -0.508 e. The Morgan fingerprint density at radius 1 is 0.689 bits per heavy atom. The van der Waals surface area contributed by atoms with Gasteiger partial charge in [0.1, 0.15) is 40.9 Å². The topological polar surface area (TPSA) is 178 Å². The molecule has 9 rings (SSSR count). The van der Waals surface area contributed by atoms with E-state index in [1.165, 1.54) is 43.4 Å². The number of aromatic hydroxyl groups is 3. The molecule has 0 bridgehead atoms. The van der Waals surface area contributed by atoms with Gasteiger partial charge in [0.25, 0.3) is 0 Å². The van der Waals surface area contributed by atoms with Gasteiger partial charge in [0.2, 0.25) is 0 Å². The van der Waals surface area contributed by atoms with Crippen LogP contribution in [0.1, 0.15) is 122 Å². The number of pyridine rings is 2. The molecule has 13 heteroatoms. The van der Waals surface area contributed by atoms with Crippen LogP contribution in [0, 0.1) is 0 Å². The maximum absolute atomic E-state index is 12.3. The molecule has 2 aliphatic carbocycles. The zero-order chi connectivity index (χ0) is 42.6. The zero-order valence-corrected chi connectivity index (χ0v) is 34.9. The van der Waals surface area contributed by atoms with Gasteiger partial charge in [-0.1, -0.05) is 38.5 Å². The van der Waals surface area contributed by atoms with E-state index in [0.717, 1.165) is 77.5 Å². The highest BCUT2D eigenvalue weighted by Crippen LogP contribution is 2.48. The number of carbonyl (C=O) groups is 2. The van der Waals surface area contributed by atoms with Crippen molar-refractivity contribution in [3.8, 4) is 45.5 Å². The number of aliphatic hydroxyl groups excluding tert-OH is 1. The van der Waals surface area contributed by atoms with Crippen LogP contribution in [0.3, 0.4) is 0 Å². The molecule has 0 atom stereocenters. The van der Waals surface area contributed by atoms with Crippen molar-refractivity contribution in [1.29, 1.82) is 0 Å². The fraction of sp³-hybridized carbons (Fsp3) is 0.417. The van der Waals surface area contributed by atoms with Gasteiger partial charge in [0.15, 0.2) is 11.4 Å². The predicted octanol–water partition coefficient (Wildman–Crippen LogP) is 9.36. The molecule has 2 saturated carbocycles. The van der Waals surface area contributed by atoms with Gasteiger partial charge in [0.05, 0.1) is 37.8 Å². The monoisotopic (exact) mass is 830 g/mol. The Balaban J connectivity index is 0.000000168. The van der Waals surface area contributed by atoms with Crippen molar-refractivity contribution in [2.75, 3.05) is 26.4 Å². The Morgan fingerprint density at radius 3 is 1.80 bits per heavy atom. The summed E-state index contributed by atoms with van der Waals surface area (Å²) in [7, 11) is 0. The Labute approximate surface area is 354 Å². The van der Waals surface area contributed by atoms with Crippen molar-refractivity contribution in [1.82, 2.24) is 19.1 Å². The summed E-state index contributed by atoms with van der Waals surface area (Å²) in [4.78, 5) is 34.0. The largest absolute Gasteiger partial charge is 0.508 e. The van der Waals surface area contributed by atoms with E-state index < -0.39 is 11.9 Å². The Kier molecular flexibility index (Phi) is 12.5. The number of hydrogen-bond donors (Lipinski definition) is 4. The lowest BCUT2D eigenvalue weighted by Gasteiger charge is -2.24. The van der Waals surface area contributed by atoms with Crippen LogP contribution in [-0.2, 0) is 22.6 Å². The summed E-state index contributed by atoms with van der Waals surface area (Å²) in [6.45, 7) is 5.38. The van der Waals surface area contributed by atoms with Gasteiger partial charge in [-0.2, -0.15) is 0 Å². The third-order valence-electron chi connectivity index (χ3n) is 12.2. The van der Waals surface area contributed by atoms with Gasteiger partial charge in [-0.25, -0.2) is 19.6 Å². The smallest absolute Gasteiger partial charge is 0.356 e. The van der Waals surface area contributed by atoms with Crippen molar-refractivity contribution in [2.45, 2.75) is 103 Å². The molecule has 2 aromatic carbocycles. The fourth-order valence-electron chi connectivity index (χ4n) is 9.64. The molecule has 3 aliphatic rings. The summed E-state index contributed by atoms with van der Waals surface area (Å²) in [6, 6.07) is 17.2. The molecule has 0 radical (unpaired) electrons. The Morgan fingerprint density at radius 2 is 1.23 bits per heavy atom. The molecule has 320 valence electrons. The number of carbonyl (C=O) groups excluding carboxylic acids is 2. The average molecular weight is 831 g/mol. The molecule has 0 spiro atoms. The van der Waals surface area contributed by atoms with Crippen LogP contribution in [0.25, 0.3) is 44.6 Å². The van der Waals surface area contributed by atoms with E-state index in [-0.39, 0.29) is 48.6 Å². The second kappa shape index (κ2) is 18.3. The van der Waals surface area contributed by atoms with Gasteiger partial charge in [-0.3, -0.25) is 0 Å². The SMILES string of the molecule is CCOC(=O)c1ccc2c(C3CCCCC3)c(-c3ccc(O)cc3O)n(CCO)c2n1.CCOC(=O)c1ccc2c(C3CCCCC3)c3n(c2n1)CCOc1cc(O)ccc1-3. The third-order valence-corrected chi connectivity index (χ3v) is 12.2. The first kappa shape index (κ1) is 41.6. The second-order valence-electron chi connectivity index (χ2n) is 16.0. The molecule has 6 aromatic rings. The second-order valence-corrected chi connectivity index (χ2v) is 16.0. The molecule has 5 heterocycles. The number of aromatic nitrogens is 4. The number of aliphatic hydroxyl groups is 1. The summed E-state index contributed by atoms with van der Waals surface area (Å²) in [5.41, 5.74) is 7.74. The van der Waals surface area contributed by atoms with E-state index in [1.54, 1.807) is 44.2 Å². The van der Waals surface area contributed by atoms with Crippen molar-refractivity contribution < 1.29 is 44.2 Å². The van der Waals surface area contributed by atoms with Gasteiger partial charge in [-0.15, -0.1) is 0 Å². The van der Waals surface area contributed by atoms with Crippen molar-refractivity contribution >= 4 is 34.0 Å². The Hall–Kier alpha value is -6.08. The molecule has 13 nitrogen and oxygen atoms in total. The van der Waals surface area contributed by atoms with Crippen LogP contribution in [0.2, 0.25) is 0 Å². The molecule has 1 aliphatic heterocycles. The minimum atomic E-state index is -0.491. The highest BCUT2D eigenvalue weighted by Gasteiger charge is 2.32. The van der Waals surface area contributed by atoms with E-state index in [0.29, 0.717) is 48.3 Å². The van der Waals surface area contributed by atoms with E-state index in [4.69, 9.17) is 19.2 Å². The van der Waals surface area contributed by atoms with Crippen LogP contribution in [-0.4, -0.2) is 77.9 Å². The third kappa shape index (κ3) is 8.23. The van der Waals surface area contributed by atoms with Crippen LogP contribution in [0.5, 0.6) is 23.0 Å². The van der Waals surface area contributed by atoms with Crippen molar-refractivity contribution in [3.05, 3.63) is 83.2 Å². The highest BCUT2D eigenvalue weighted by molar-refractivity contribution is 5.97. The number of fused-ring (bicyclic) bond motifs is 6. The maximum atomic E-state index is 12.3. The van der Waals surface area contributed by atoms with E-state index in [2.05, 4.69) is 9.55 Å². The molecule has 0 amide bonds. The number of esters is 2. The molecule has 0 unspecified atom stereocenters. The molecular weight excluding hydrogens is 777 g/mol. The molecule has 0 saturated heterocycles. The first-order chi connectivity index (χ1) is 29.7. The van der Waals surface area contributed by atoms with Crippen molar-refractivity contribution in [3.63, 3.8) is 0 Å². The average Bonchev–Trinajstić information content (AvgIpc) is 3.69. The summed E-state index contributed by atoms with van der Waals surface area (Å²) < 4.78 is 20.3. The number of ether oxygens (including phenoxy) is 3. The normalized spacial score (nSPS) is 15.6. The van der Waals surface area contributed by atoms with Crippen molar-refractivity contribution in [2.24, 2.45) is 0 Å². The molecular formula is C48H54N4O9. The van der Waals surface area contributed by atoms with Crippen LogP contribution in [0.4, 0.5) is 0 Å². The number of hydrogen-bond acceptors (Lipinski definition) is 11.